The molecule has 5 nitrogen and oxygen atoms in total. The molecule has 1 saturated heterocycles. The lowest BCUT2D eigenvalue weighted by atomic mass is 9.98. The van der Waals surface area contributed by atoms with Gasteiger partial charge in [0, 0.05) is 12.2 Å². The van der Waals surface area contributed by atoms with Gasteiger partial charge in [0.15, 0.2) is 0 Å². The number of anilines is 1. The van der Waals surface area contributed by atoms with E-state index in [1.165, 1.54) is 23.1 Å². The minimum absolute atomic E-state index is 0.151. The molecule has 1 unspecified atom stereocenters. The smallest absolute Gasteiger partial charge is 0.410 e. The zero-order valence-corrected chi connectivity index (χ0v) is 14.6. The first-order valence-corrected chi connectivity index (χ1v) is 8.54. The van der Waals surface area contributed by atoms with Gasteiger partial charge >= 0.3 is 6.09 Å². The largest absolute Gasteiger partial charge is 0.445 e. The van der Waals surface area contributed by atoms with Crippen molar-refractivity contribution in [2.75, 3.05) is 11.9 Å². The van der Waals surface area contributed by atoms with E-state index in [1.54, 1.807) is 13.0 Å². The molecule has 6 heteroatoms. The SMILES string of the molecule is CC1(C(=O)Nc2cccc(F)c2)CCCN1C(=O)OCc1ccccc1. The molecule has 3 rings (SSSR count). The number of nitrogens with one attached hydrogen (secondary N) is 1. The van der Waals surface area contributed by atoms with Crippen molar-refractivity contribution in [3.05, 3.63) is 66.0 Å². The summed E-state index contributed by atoms with van der Waals surface area (Å²) in [5.41, 5.74) is 0.215. The third-order valence-electron chi connectivity index (χ3n) is 4.64. The lowest BCUT2D eigenvalue weighted by Crippen LogP contribution is -2.53. The van der Waals surface area contributed by atoms with Crippen LogP contribution in [0.4, 0.5) is 14.9 Å². The van der Waals surface area contributed by atoms with Crippen molar-refractivity contribution in [1.29, 1.82) is 0 Å². The molecule has 26 heavy (non-hydrogen) atoms. The Bertz CT molecular complexity index is 797. The minimum Gasteiger partial charge on any atom is -0.445 e. The highest BCUT2D eigenvalue weighted by Crippen LogP contribution is 2.31. The highest BCUT2D eigenvalue weighted by atomic mass is 19.1. The van der Waals surface area contributed by atoms with Crippen LogP contribution < -0.4 is 5.32 Å². The maximum absolute atomic E-state index is 13.3. The van der Waals surface area contributed by atoms with E-state index in [4.69, 9.17) is 4.74 Å². The van der Waals surface area contributed by atoms with Crippen LogP contribution in [0.5, 0.6) is 0 Å². The van der Waals surface area contributed by atoms with Gasteiger partial charge in [-0.2, -0.15) is 0 Å². The Kier molecular flexibility index (Phi) is 5.21. The van der Waals surface area contributed by atoms with Crippen molar-refractivity contribution in [1.82, 2.24) is 4.90 Å². The van der Waals surface area contributed by atoms with Gasteiger partial charge in [0.05, 0.1) is 0 Å². The number of hydrogen-bond acceptors (Lipinski definition) is 3. The Balaban J connectivity index is 1.67. The molecule has 0 bridgehead atoms. The average molecular weight is 356 g/mol. The maximum Gasteiger partial charge on any atom is 0.410 e. The summed E-state index contributed by atoms with van der Waals surface area (Å²) in [5.74, 6) is -0.782. The molecule has 1 N–H and O–H groups in total. The van der Waals surface area contributed by atoms with Gasteiger partial charge < -0.3 is 10.1 Å². The number of ether oxygens (including phenoxy) is 1. The first-order valence-electron chi connectivity index (χ1n) is 8.54. The third kappa shape index (κ3) is 3.85. The van der Waals surface area contributed by atoms with Crippen LogP contribution in [-0.4, -0.2) is 29.0 Å². The van der Waals surface area contributed by atoms with Gasteiger partial charge in [-0.1, -0.05) is 36.4 Å². The fourth-order valence-electron chi connectivity index (χ4n) is 3.12. The summed E-state index contributed by atoms with van der Waals surface area (Å²) in [5, 5.41) is 2.70. The van der Waals surface area contributed by atoms with Gasteiger partial charge in [-0.15, -0.1) is 0 Å². The van der Waals surface area contributed by atoms with E-state index >= 15 is 0 Å². The number of amides is 2. The molecule has 1 aliphatic rings. The third-order valence-corrected chi connectivity index (χ3v) is 4.64. The number of rotatable bonds is 4. The molecule has 0 aliphatic carbocycles. The summed E-state index contributed by atoms with van der Waals surface area (Å²) in [7, 11) is 0. The summed E-state index contributed by atoms with van der Waals surface area (Å²) in [6, 6.07) is 15.0. The second-order valence-electron chi connectivity index (χ2n) is 6.53. The number of halogens is 1. The highest BCUT2D eigenvalue weighted by molar-refractivity contribution is 6.00. The Morgan fingerprint density at radius 1 is 1.19 bits per heavy atom. The highest BCUT2D eigenvalue weighted by Gasteiger charge is 2.46. The number of carbonyl (C=O) groups excluding carboxylic acids is 2. The van der Waals surface area contributed by atoms with Gasteiger partial charge in [0.1, 0.15) is 18.0 Å². The van der Waals surface area contributed by atoms with Crippen LogP contribution in [0.3, 0.4) is 0 Å². The Hall–Kier alpha value is -2.89. The Labute approximate surface area is 151 Å². The van der Waals surface area contributed by atoms with E-state index in [0.717, 1.165) is 5.56 Å². The fourth-order valence-corrected chi connectivity index (χ4v) is 3.12. The van der Waals surface area contributed by atoms with Crippen LogP contribution >= 0.6 is 0 Å². The number of benzene rings is 2. The average Bonchev–Trinajstić information content (AvgIpc) is 3.04. The quantitative estimate of drug-likeness (QED) is 0.902. The van der Waals surface area contributed by atoms with Crippen molar-refractivity contribution in [2.24, 2.45) is 0 Å². The maximum atomic E-state index is 13.3. The van der Waals surface area contributed by atoms with Crippen LogP contribution in [0.15, 0.2) is 54.6 Å². The summed E-state index contributed by atoms with van der Waals surface area (Å²) >= 11 is 0. The molecule has 2 aromatic rings. The Morgan fingerprint density at radius 3 is 2.69 bits per heavy atom. The van der Waals surface area contributed by atoms with Crippen molar-refractivity contribution in [3.63, 3.8) is 0 Å². The van der Waals surface area contributed by atoms with Crippen LogP contribution in [0.1, 0.15) is 25.3 Å². The number of hydrogen-bond donors (Lipinski definition) is 1. The zero-order chi connectivity index (χ0) is 18.6. The van der Waals surface area contributed by atoms with Crippen molar-refractivity contribution >= 4 is 17.7 Å². The molecule has 1 aliphatic heterocycles. The summed E-state index contributed by atoms with van der Waals surface area (Å²) < 4.78 is 18.7. The fraction of sp³-hybridized carbons (Fsp3) is 0.300. The predicted octanol–water partition coefficient (Wildman–Crippen LogP) is 3.96. The standard InChI is InChI=1S/C20H21FN2O3/c1-20(18(24)22-17-10-5-9-16(21)13-17)11-6-12-23(20)19(25)26-14-15-7-3-2-4-8-15/h2-5,7-10,13H,6,11-12,14H2,1H3,(H,22,24). The molecule has 1 atom stereocenters. The Morgan fingerprint density at radius 2 is 1.96 bits per heavy atom. The van der Waals surface area contributed by atoms with E-state index in [0.29, 0.717) is 25.1 Å². The van der Waals surface area contributed by atoms with E-state index < -0.39 is 17.4 Å². The predicted molar refractivity (Wildman–Crippen MR) is 96.0 cm³/mol. The topological polar surface area (TPSA) is 58.6 Å². The molecule has 1 heterocycles. The molecular weight excluding hydrogens is 335 g/mol. The lowest BCUT2D eigenvalue weighted by molar-refractivity contribution is -0.125. The molecule has 136 valence electrons. The zero-order valence-electron chi connectivity index (χ0n) is 14.6. The first-order chi connectivity index (χ1) is 12.5. The van der Waals surface area contributed by atoms with Crippen molar-refractivity contribution in [3.8, 4) is 0 Å². The van der Waals surface area contributed by atoms with Gasteiger partial charge in [-0.3, -0.25) is 9.69 Å². The van der Waals surface area contributed by atoms with E-state index in [1.807, 2.05) is 30.3 Å². The van der Waals surface area contributed by atoms with Gasteiger partial charge in [0.2, 0.25) is 5.91 Å². The molecule has 0 aromatic heterocycles. The number of nitrogens with zero attached hydrogens (tertiary/aromatic N) is 1. The number of carbonyl (C=O) groups is 2. The first kappa shape index (κ1) is 17.9. The number of likely N-dealkylation sites (tertiary alicyclic amines) is 1. The molecule has 0 saturated carbocycles. The normalized spacial score (nSPS) is 19.2. The molecule has 2 aromatic carbocycles. The second-order valence-corrected chi connectivity index (χ2v) is 6.53. The summed E-state index contributed by atoms with van der Waals surface area (Å²) in [6.45, 7) is 2.30. The van der Waals surface area contributed by atoms with Gasteiger partial charge in [-0.05, 0) is 43.5 Å². The van der Waals surface area contributed by atoms with Crippen LogP contribution in [0, 0.1) is 5.82 Å². The monoisotopic (exact) mass is 356 g/mol. The lowest BCUT2D eigenvalue weighted by Gasteiger charge is -2.33. The molecule has 0 spiro atoms. The van der Waals surface area contributed by atoms with E-state index in [-0.39, 0.29) is 12.5 Å². The van der Waals surface area contributed by atoms with E-state index in [9.17, 15) is 14.0 Å². The van der Waals surface area contributed by atoms with Crippen LogP contribution in [-0.2, 0) is 16.1 Å². The molecule has 2 amide bonds. The van der Waals surface area contributed by atoms with Gasteiger partial charge in [0.25, 0.3) is 0 Å². The van der Waals surface area contributed by atoms with Crippen molar-refractivity contribution < 1.29 is 18.7 Å². The summed E-state index contributed by atoms with van der Waals surface area (Å²) in [4.78, 5) is 26.7. The second kappa shape index (κ2) is 7.56. The van der Waals surface area contributed by atoms with Crippen LogP contribution in [0.25, 0.3) is 0 Å². The minimum atomic E-state index is -1.03. The summed E-state index contributed by atoms with van der Waals surface area (Å²) in [6.07, 6.45) is 0.700. The molecular formula is C20H21FN2O3. The molecule has 0 radical (unpaired) electrons. The van der Waals surface area contributed by atoms with E-state index in [2.05, 4.69) is 5.32 Å². The van der Waals surface area contributed by atoms with Gasteiger partial charge in [-0.25, -0.2) is 9.18 Å². The van der Waals surface area contributed by atoms with Crippen molar-refractivity contribution in [2.45, 2.75) is 31.9 Å². The molecule has 1 fully saturated rings. The van der Waals surface area contributed by atoms with Crippen LogP contribution in [0.2, 0.25) is 0 Å².